The van der Waals surface area contributed by atoms with Gasteiger partial charge in [0.1, 0.15) is 0 Å². The molecule has 0 saturated carbocycles. The van der Waals surface area contributed by atoms with Gasteiger partial charge in [0.05, 0.1) is 11.4 Å². The summed E-state index contributed by atoms with van der Waals surface area (Å²) in [6.07, 6.45) is 1.82. The van der Waals surface area contributed by atoms with Crippen LogP contribution in [0.5, 0.6) is 0 Å². The molecule has 0 aliphatic rings. The van der Waals surface area contributed by atoms with Crippen molar-refractivity contribution < 1.29 is 13.2 Å². The molecule has 0 aliphatic carbocycles. The van der Waals surface area contributed by atoms with Gasteiger partial charge >= 0.3 is 0 Å². The van der Waals surface area contributed by atoms with Crippen LogP contribution in [-0.2, 0) is 14.8 Å². The van der Waals surface area contributed by atoms with Crippen molar-refractivity contribution in [3.05, 3.63) is 29.3 Å². The van der Waals surface area contributed by atoms with E-state index in [1.54, 1.807) is 6.92 Å². The first-order chi connectivity index (χ1) is 10.3. The lowest BCUT2D eigenvalue weighted by Gasteiger charge is -2.21. The highest BCUT2D eigenvalue weighted by atomic mass is 35.5. The van der Waals surface area contributed by atoms with Crippen LogP contribution in [0.3, 0.4) is 0 Å². The Labute approximate surface area is 137 Å². The predicted octanol–water partition coefficient (Wildman–Crippen LogP) is 2.66. The molecular weight excluding hydrogens is 324 g/mol. The molecule has 0 bridgehead atoms. The van der Waals surface area contributed by atoms with Crippen molar-refractivity contribution in [1.82, 2.24) is 9.62 Å². The van der Waals surface area contributed by atoms with Gasteiger partial charge in [0.15, 0.2) is 0 Å². The number of nitrogens with one attached hydrogen (secondary N) is 1. The fourth-order valence-corrected chi connectivity index (χ4v) is 3.64. The van der Waals surface area contributed by atoms with Gasteiger partial charge in [-0.05, 0) is 37.6 Å². The Hall–Kier alpha value is -1.11. The third-order valence-electron chi connectivity index (χ3n) is 3.25. The van der Waals surface area contributed by atoms with Crippen LogP contribution in [0.15, 0.2) is 29.2 Å². The van der Waals surface area contributed by atoms with Crippen molar-refractivity contribution in [1.29, 1.82) is 0 Å². The Morgan fingerprint density at radius 2 is 1.86 bits per heavy atom. The molecule has 1 amide bonds. The molecule has 1 rings (SSSR count). The zero-order valence-corrected chi connectivity index (χ0v) is 14.7. The zero-order chi connectivity index (χ0) is 16.8. The van der Waals surface area contributed by atoms with Crippen LogP contribution in [-0.4, -0.2) is 37.8 Å². The van der Waals surface area contributed by atoms with Crippen molar-refractivity contribution in [2.45, 2.75) is 44.6 Å². The van der Waals surface area contributed by atoms with E-state index in [4.69, 9.17) is 11.6 Å². The lowest BCUT2D eigenvalue weighted by molar-refractivity contribution is -0.121. The first kappa shape index (κ1) is 18.9. The lowest BCUT2D eigenvalue weighted by Crippen LogP contribution is -2.43. The van der Waals surface area contributed by atoms with Crippen molar-refractivity contribution in [3.63, 3.8) is 0 Å². The molecule has 0 aliphatic heterocycles. The van der Waals surface area contributed by atoms with Gasteiger partial charge in [-0.1, -0.05) is 31.9 Å². The molecule has 0 spiro atoms. The monoisotopic (exact) mass is 346 g/mol. The molecule has 1 aromatic carbocycles. The van der Waals surface area contributed by atoms with Crippen LogP contribution in [0.25, 0.3) is 0 Å². The maximum absolute atomic E-state index is 12.5. The van der Waals surface area contributed by atoms with Crippen molar-refractivity contribution in [2.75, 3.05) is 13.1 Å². The summed E-state index contributed by atoms with van der Waals surface area (Å²) < 4.78 is 26.2. The van der Waals surface area contributed by atoms with Crippen LogP contribution in [0, 0.1) is 0 Å². The van der Waals surface area contributed by atoms with Crippen LogP contribution >= 0.6 is 11.6 Å². The van der Waals surface area contributed by atoms with E-state index in [1.807, 2.05) is 13.8 Å². The Bertz CT molecular complexity index is 587. The number of amides is 1. The van der Waals surface area contributed by atoms with E-state index in [9.17, 15) is 13.2 Å². The second-order valence-electron chi connectivity index (χ2n) is 5.14. The molecule has 22 heavy (non-hydrogen) atoms. The van der Waals surface area contributed by atoms with Gasteiger partial charge in [-0.15, -0.1) is 0 Å². The van der Waals surface area contributed by atoms with E-state index in [0.29, 0.717) is 5.02 Å². The minimum atomic E-state index is -3.70. The summed E-state index contributed by atoms with van der Waals surface area (Å²) in [5.74, 6) is -0.291. The van der Waals surface area contributed by atoms with Crippen LogP contribution in [0.1, 0.15) is 33.6 Å². The van der Waals surface area contributed by atoms with Gasteiger partial charge in [0, 0.05) is 17.6 Å². The maximum Gasteiger partial charge on any atom is 0.243 e. The van der Waals surface area contributed by atoms with Crippen LogP contribution in [0.2, 0.25) is 5.02 Å². The Balaban J connectivity index is 2.82. The van der Waals surface area contributed by atoms with Crippen LogP contribution in [0.4, 0.5) is 0 Å². The summed E-state index contributed by atoms with van der Waals surface area (Å²) in [4.78, 5) is 12.1. The van der Waals surface area contributed by atoms with Crippen molar-refractivity contribution in [2.24, 2.45) is 0 Å². The highest BCUT2D eigenvalue weighted by molar-refractivity contribution is 7.89. The Morgan fingerprint density at radius 1 is 1.27 bits per heavy atom. The lowest BCUT2D eigenvalue weighted by atomic mass is 10.2. The number of likely N-dealkylation sites (N-methyl/N-ethyl adjacent to an activating group) is 1. The standard InChI is InChI=1S/C15H23ClN2O3S/c1-4-6-12(3)17-15(19)11-18(5-2)22(20,21)14-9-7-13(16)8-10-14/h7-10,12H,4-6,11H2,1-3H3,(H,17,19)/t12-/m1/s1. The first-order valence-corrected chi connectivity index (χ1v) is 9.18. The number of carbonyl (C=O) groups excluding carboxylic acids is 1. The average molecular weight is 347 g/mol. The summed E-state index contributed by atoms with van der Waals surface area (Å²) in [5.41, 5.74) is 0. The number of halogens is 1. The number of benzene rings is 1. The molecule has 0 unspecified atom stereocenters. The van der Waals surface area contributed by atoms with E-state index in [1.165, 1.54) is 24.3 Å². The number of hydrogen-bond acceptors (Lipinski definition) is 3. The summed E-state index contributed by atoms with van der Waals surface area (Å²) in [7, 11) is -3.70. The van der Waals surface area contributed by atoms with Gasteiger partial charge in [0.25, 0.3) is 0 Å². The largest absolute Gasteiger partial charge is 0.353 e. The van der Waals surface area contributed by atoms with E-state index in [-0.39, 0.29) is 29.9 Å². The summed E-state index contributed by atoms with van der Waals surface area (Å²) in [6.45, 7) is 5.68. The van der Waals surface area contributed by atoms with E-state index in [2.05, 4.69) is 5.32 Å². The fourth-order valence-electron chi connectivity index (χ4n) is 2.11. The Morgan fingerprint density at radius 3 is 2.36 bits per heavy atom. The number of hydrogen-bond donors (Lipinski definition) is 1. The van der Waals surface area contributed by atoms with Gasteiger partial charge in [-0.2, -0.15) is 4.31 Å². The number of sulfonamides is 1. The normalized spacial score (nSPS) is 13.1. The molecular formula is C15H23ClN2O3S. The van der Waals surface area contributed by atoms with Crippen molar-refractivity contribution in [3.8, 4) is 0 Å². The number of nitrogens with zero attached hydrogens (tertiary/aromatic N) is 1. The van der Waals surface area contributed by atoms with E-state index < -0.39 is 10.0 Å². The number of carbonyl (C=O) groups is 1. The minimum absolute atomic E-state index is 0.0365. The molecule has 1 N–H and O–H groups in total. The summed E-state index contributed by atoms with van der Waals surface area (Å²) in [5, 5.41) is 3.28. The first-order valence-electron chi connectivity index (χ1n) is 7.36. The summed E-state index contributed by atoms with van der Waals surface area (Å²) >= 11 is 5.77. The molecule has 0 heterocycles. The zero-order valence-electron chi connectivity index (χ0n) is 13.2. The van der Waals surface area contributed by atoms with Gasteiger partial charge in [0.2, 0.25) is 15.9 Å². The molecule has 7 heteroatoms. The van der Waals surface area contributed by atoms with Crippen LogP contribution < -0.4 is 5.32 Å². The van der Waals surface area contributed by atoms with Gasteiger partial charge < -0.3 is 5.32 Å². The molecule has 0 saturated heterocycles. The average Bonchev–Trinajstić information content (AvgIpc) is 2.45. The van der Waals surface area contributed by atoms with Crippen molar-refractivity contribution >= 4 is 27.5 Å². The smallest absolute Gasteiger partial charge is 0.243 e. The van der Waals surface area contributed by atoms with E-state index in [0.717, 1.165) is 17.1 Å². The molecule has 1 atom stereocenters. The highest BCUT2D eigenvalue weighted by Gasteiger charge is 2.25. The Kier molecular flexibility index (Phi) is 7.32. The number of rotatable bonds is 8. The maximum atomic E-state index is 12.5. The quantitative estimate of drug-likeness (QED) is 0.786. The third-order valence-corrected chi connectivity index (χ3v) is 5.44. The van der Waals surface area contributed by atoms with E-state index >= 15 is 0 Å². The fraction of sp³-hybridized carbons (Fsp3) is 0.533. The molecule has 1 aromatic rings. The molecule has 124 valence electrons. The predicted molar refractivity (Wildman–Crippen MR) is 88.4 cm³/mol. The minimum Gasteiger partial charge on any atom is -0.353 e. The molecule has 0 radical (unpaired) electrons. The van der Waals surface area contributed by atoms with Gasteiger partial charge in [-0.3, -0.25) is 4.79 Å². The molecule has 0 fully saturated rings. The second-order valence-corrected chi connectivity index (χ2v) is 7.52. The topological polar surface area (TPSA) is 66.5 Å². The second kappa shape index (κ2) is 8.50. The molecule has 5 nitrogen and oxygen atoms in total. The SMILES string of the molecule is CCC[C@@H](C)NC(=O)CN(CC)S(=O)(=O)c1ccc(Cl)cc1. The third kappa shape index (κ3) is 5.26. The summed E-state index contributed by atoms with van der Waals surface area (Å²) in [6, 6.07) is 5.96. The molecule has 0 aromatic heterocycles. The highest BCUT2D eigenvalue weighted by Crippen LogP contribution is 2.18. The van der Waals surface area contributed by atoms with Gasteiger partial charge in [-0.25, -0.2) is 8.42 Å².